The lowest BCUT2D eigenvalue weighted by molar-refractivity contribution is 0.372. The minimum absolute atomic E-state index is 0.0574. The predicted molar refractivity (Wildman–Crippen MR) is 116 cm³/mol. The average Bonchev–Trinajstić information content (AvgIpc) is 2.85. The molecule has 174 valence electrons. The lowest BCUT2D eigenvalue weighted by atomic mass is 9.86. The maximum Gasteiger partial charge on any atom is 0.259 e. The second-order valence-electron chi connectivity index (χ2n) is 7.20. The Morgan fingerprint density at radius 1 is 0.794 bits per heavy atom. The molecule has 4 aromatic rings. The monoisotopic (exact) mass is 490 g/mol. The first-order valence-electron chi connectivity index (χ1n) is 9.85. The molecule has 34 heavy (non-hydrogen) atoms. The van der Waals surface area contributed by atoms with Gasteiger partial charge in [0.25, 0.3) is 5.56 Å². The molecule has 0 unspecified atom stereocenters. The Morgan fingerprint density at radius 2 is 1.26 bits per heavy atom. The summed E-state index contributed by atoms with van der Waals surface area (Å²) in [6, 6.07) is 17.8. The van der Waals surface area contributed by atoms with Crippen LogP contribution in [0.1, 0.15) is 28.2 Å². The van der Waals surface area contributed by atoms with Gasteiger partial charge in [-0.2, -0.15) is 4.98 Å². The number of hydrogen-bond acceptors (Lipinski definition) is 4. The summed E-state index contributed by atoms with van der Waals surface area (Å²) in [5.41, 5.74) is -0.432. The van der Waals surface area contributed by atoms with Crippen molar-refractivity contribution in [3.63, 3.8) is 0 Å². The van der Waals surface area contributed by atoms with Gasteiger partial charge in [0, 0.05) is 17.2 Å². The normalized spacial score (nSPS) is 11.2. The van der Waals surface area contributed by atoms with Crippen molar-refractivity contribution < 1.29 is 27.1 Å². The van der Waals surface area contributed by atoms with E-state index in [4.69, 9.17) is 0 Å². The molecule has 0 aliphatic rings. The molecule has 0 fully saturated rings. The number of aromatic amines is 1. The third-order valence-corrected chi connectivity index (χ3v) is 6.02. The van der Waals surface area contributed by atoms with Crippen molar-refractivity contribution in [3.05, 3.63) is 122 Å². The van der Waals surface area contributed by atoms with Gasteiger partial charge in [0.1, 0.15) is 0 Å². The standard InChI is InChI=1S/C24H15F5N2O2S/c25-17-14(18(26)20(28)21(29)19(17)27)11-34-24-30-22(32)16(23(33)31-24)15(12-7-3-1-4-8-12)13-9-5-2-6-10-13/h1-10,15H,11H2,(H2,30,31,32,33). The van der Waals surface area contributed by atoms with E-state index in [1.54, 1.807) is 60.7 Å². The number of rotatable bonds is 6. The van der Waals surface area contributed by atoms with Gasteiger partial charge in [-0.15, -0.1) is 0 Å². The Kier molecular flexibility index (Phi) is 6.69. The quantitative estimate of drug-likeness (QED) is 0.121. The van der Waals surface area contributed by atoms with Gasteiger partial charge in [-0.05, 0) is 11.1 Å². The van der Waals surface area contributed by atoms with Crippen LogP contribution in [0.25, 0.3) is 0 Å². The molecular weight excluding hydrogens is 475 g/mol. The van der Waals surface area contributed by atoms with Crippen LogP contribution < -0.4 is 5.56 Å². The largest absolute Gasteiger partial charge is 0.493 e. The van der Waals surface area contributed by atoms with Crippen molar-refractivity contribution in [3.8, 4) is 5.88 Å². The molecule has 1 aromatic heterocycles. The van der Waals surface area contributed by atoms with Gasteiger partial charge in [0.2, 0.25) is 11.7 Å². The third-order valence-electron chi connectivity index (χ3n) is 5.12. The van der Waals surface area contributed by atoms with Crippen molar-refractivity contribution >= 4 is 11.8 Å². The Balaban J connectivity index is 1.71. The number of benzene rings is 3. The summed E-state index contributed by atoms with van der Waals surface area (Å²) in [7, 11) is 0. The summed E-state index contributed by atoms with van der Waals surface area (Å²) in [5.74, 6) is -12.4. The van der Waals surface area contributed by atoms with Gasteiger partial charge in [0.15, 0.2) is 28.4 Å². The predicted octanol–water partition coefficient (Wildman–Crippen LogP) is 5.64. The third kappa shape index (κ3) is 4.41. The topological polar surface area (TPSA) is 66.0 Å². The lowest BCUT2D eigenvalue weighted by Crippen LogP contribution is -2.20. The van der Waals surface area contributed by atoms with Crippen molar-refractivity contribution in [2.45, 2.75) is 16.8 Å². The number of nitrogens with zero attached hydrogens (tertiary/aromatic N) is 1. The molecule has 10 heteroatoms. The van der Waals surface area contributed by atoms with Crippen LogP contribution in [0.3, 0.4) is 0 Å². The fourth-order valence-electron chi connectivity index (χ4n) is 3.51. The molecule has 2 N–H and O–H groups in total. The molecule has 1 heterocycles. The SMILES string of the molecule is O=c1[nH]c(SCc2c(F)c(F)c(F)c(F)c2F)nc(O)c1C(c1ccccc1)c1ccccc1. The second kappa shape index (κ2) is 9.68. The zero-order chi connectivity index (χ0) is 24.4. The van der Waals surface area contributed by atoms with E-state index in [1.165, 1.54) is 0 Å². The smallest absolute Gasteiger partial charge is 0.259 e. The van der Waals surface area contributed by atoms with Gasteiger partial charge >= 0.3 is 0 Å². The molecule has 4 rings (SSSR count). The maximum absolute atomic E-state index is 13.9. The van der Waals surface area contributed by atoms with Crippen LogP contribution in [0.15, 0.2) is 70.6 Å². The van der Waals surface area contributed by atoms with Gasteiger partial charge in [0.05, 0.1) is 5.56 Å². The van der Waals surface area contributed by atoms with E-state index in [0.29, 0.717) is 22.9 Å². The summed E-state index contributed by atoms with van der Waals surface area (Å²) >= 11 is 0.503. The maximum atomic E-state index is 13.9. The Bertz CT molecular complexity index is 1330. The molecule has 0 amide bonds. The van der Waals surface area contributed by atoms with Crippen LogP contribution in [0.2, 0.25) is 0 Å². The first-order valence-corrected chi connectivity index (χ1v) is 10.8. The first kappa shape index (κ1) is 23.5. The van der Waals surface area contributed by atoms with Crippen molar-refractivity contribution in [1.82, 2.24) is 9.97 Å². The highest BCUT2D eigenvalue weighted by Gasteiger charge is 2.27. The van der Waals surface area contributed by atoms with Gasteiger partial charge in [-0.25, -0.2) is 22.0 Å². The highest BCUT2D eigenvalue weighted by atomic mass is 32.2. The minimum atomic E-state index is -2.26. The summed E-state index contributed by atoms with van der Waals surface area (Å²) in [6.45, 7) is 0. The molecule has 0 aliphatic heterocycles. The van der Waals surface area contributed by atoms with E-state index in [1.807, 2.05) is 0 Å². The Labute approximate surface area is 194 Å². The first-order chi connectivity index (χ1) is 16.3. The van der Waals surface area contributed by atoms with Crippen molar-refractivity contribution in [2.24, 2.45) is 0 Å². The molecule has 0 radical (unpaired) electrons. The van der Waals surface area contributed by atoms with Crippen LogP contribution in [0, 0.1) is 29.1 Å². The number of thioether (sulfide) groups is 1. The van der Waals surface area contributed by atoms with Gasteiger partial charge in [-0.3, -0.25) is 4.79 Å². The fourth-order valence-corrected chi connectivity index (χ4v) is 4.36. The molecule has 0 spiro atoms. The van der Waals surface area contributed by atoms with Crippen molar-refractivity contribution in [1.29, 1.82) is 0 Å². The Morgan fingerprint density at radius 3 is 1.74 bits per heavy atom. The van der Waals surface area contributed by atoms with E-state index in [2.05, 4.69) is 9.97 Å². The number of aromatic hydroxyl groups is 1. The van der Waals surface area contributed by atoms with E-state index in [-0.39, 0.29) is 10.7 Å². The van der Waals surface area contributed by atoms with Crippen LogP contribution >= 0.6 is 11.8 Å². The zero-order valence-electron chi connectivity index (χ0n) is 17.2. The van der Waals surface area contributed by atoms with E-state index in [9.17, 15) is 31.9 Å². The lowest BCUT2D eigenvalue weighted by Gasteiger charge is -2.18. The molecule has 0 atom stereocenters. The van der Waals surface area contributed by atoms with Gasteiger partial charge in [-0.1, -0.05) is 72.4 Å². The minimum Gasteiger partial charge on any atom is -0.493 e. The fraction of sp³-hybridized carbons (Fsp3) is 0.0833. The number of nitrogens with one attached hydrogen (secondary N) is 1. The second-order valence-corrected chi connectivity index (χ2v) is 8.16. The van der Waals surface area contributed by atoms with Crippen LogP contribution in [-0.2, 0) is 5.75 Å². The summed E-state index contributed by atoms with van der Waals surface area (Å²) in [5, 5.41) is 10.4. The molecule has 0 aliphatic carbocycles. The highest BCUT2D eigenvalue weighted by molar-refractivity contribution is 7.98. The summed E-state index contributed by atoms with van der Waals surface area (Å²) in [6.07, 6.45) is 0. The zero-order valence-corrected chi connectivity index (χ0v) is 18.0. The summed E-state index contributed by atoms with van der Waals surface area (Å²) in [4.78, 5) is 19.3. The number of H-pyrrole nitrogens is 1. The molecular formula is C24H15F5N2O2S. The van der Waals surface area contributed by atoms with Crippen LogP contribution in [-0.4, -0.2) is 15.1 Å². The van der Waals surface area contributed by atoms with Gasteiger partial charge < -0.3 is 10.1 Å². The number of aromatic nitrogens is 2. The molecule has 4 nitrogen and oxygen atoms in total. The van der Waals surface area contributed by atoms with Crippen molar-refractivity contribution in [2.75, 3.05) is 0 Å². The highest BCUT2D eigenvalue weighted by Crippen LogP contribution is 2.35. The molecule has 3 aromatic carbocycles. The average molecular weight is 490 g/mol. The Hall–Kier alpha value is -3.66. The molecule has 0 saturated carbocycles. The molecule has 0 saturated heterocycles. The van der Waals surface area contributed by atoms with E-state index >= 15 is 0 Å². The van der Waals surface area contributed by atoms with Crippen LogP contribution in [0.5, 0.6) is 5.88 Å². The number of hydrogen-bond donors (Lipinski definition) is 2. The number of halogens is 5. The van der Waals surface area contributed by atoms with E-state index < -0.39 is 57.8 Å². The summed E-state index contributed by atoms with van der Waals surface area (Å²) < 4.78 is 68.0. The van der Waals surface area contributed by atoms with Crippen LogP contribution in [0.4, 0.5) is 22.0 Å². The molecule has 0 bridgehead atoms. The van der Waals surface area contributed by atoms with E-state index in [0.717, 1.165) is 0 Å².